The first-order valence-electron chi connectivity index (χ1n) is 8.47. The molecule has 2 bridgehead atoms. The van der Waals surface area contributed by atoms with Crippen molar-refractivity contribution in [3.8, 4) is 0 Å². The maximum Gasteiger partial charge on any atom is 0.391 e. The van der Waals surface area contributed by atoms with Gasteiger partial charge in [0.1, 0.15) is 0 Å². The van der Waals surface area contributed by atoms with Crippen molar-refractivity contribution >= 4 is 0 Å². The molecule has 0 aromatic heterocycles. The molecule has 3 atom stereocenters. The van der Waals surface area contributed by atoms with E-state index < -0.39 is 12.1 Å². The van der Waals surface area contributed by atoms with E-state index in [1.54, 1.807) is 0 Å². The van der Waals surface area contributed by atoms with Gasteiger partial charge in [0.2, 0.25) is 0 Å². The molecule has 1 N–H and O–H groups in total. The van der Waals surface area contributed by atoms with Gasteiger partial charge < -0.3 is 5.32 Å². The largest absolute Gasteiger partial charge is 0.391 e. The highest BCUT2D eigenvalue weighted by molar-refractivity contribution is 5.13. The molecule has 4 heteroatoms. The molecule has 0 amide bonds. The first-order valence-corrected chi connectivity index (χ1v) is 8.47. The van der Waals surface area contributed by atoms with Gasteiger partial charge >= 0.3 is 6.18 Å². The zero-order valence-electron chi connectivity index (χ0n) is 13.4. The van der Waals surface area contributed by atoms with Crippen molar-refractivity contribution in [3.05, 3.63) is 0 Å². The molecular weight excluding hydrogens is 275 g/mol. The fourth-order valence-electron chi connectivity index (χ4n) is 5.33. The molecular formula is C17H28F3N. The number of hydrogen-bond donors (Lipinski definition) is 1. The van der Waals surface area contributed by atoms with Gasteiger partial charge in [-0.15, -0.1) is 0 Å². The number of nitrogens with one attached hydrogen (secondary N) is 1. The van der Waals surface area contributed by atoms with Crippen molar-refractivity contribution in [1.29, 1.82) is 0 Å². The molecule has 3 aliphatic rings. The van der Waals surface area contributed by atoms with Crippen LogP contribution in [0, 0.1) is 22.7 Å². The highest BCUT2D eigenvalue weighted by Gasteiger charge is 2.61. The predicted molar refractivity (Wildman–Crippen MR) is 78.0 cm³/mol. The monoisotopic (exact) mass is 303 g/mol. The molecule has 3 saturated carbocycles. The minimum absolute atomic E-state index is 0.292. The number of halogens is 3. The summed E-state index contributed by atoms with van der Waals surface area (Å²) in [6.45, 7) is 7.15. The van der Waals surface area contributed by atoms with E-state index >= 15 is 0 Å². The molecule has 3 aliphatic carbocycles. The Labute approximate surface area is 126 Å². The molecule has 0 aromatic carbocycles. The summed E-state index contributed by atoms with van der Waals surface area (Å²) in [6, 6.07) is 0.791. The summed E-state index contributed by atoms with van der Waals surface area (Å²) in [6.07, 6.45) is 1.77. The quantitative estimate of drug-likeness (QED) is 0.764. The highest BCUT2D eigenvalue weighted by atomic mass is 19.4. The Balaban J connectivity index is 1.58. The van der Waals surface area contributed by atoms with Crippen molar-refractivity contribution in [3.63, 3.8) is 0 Å². The summed E-state index contributed by atoms with van der Waals surface area (Å²) in [5.41, 5.74) is 0.687. The van der Waals surface area contributed by atoms with Crippen LogP contribution in [0.1, 0.15) is 65.7 Å². The van der Waals surface area contributed by atoms with Gasteiger partial charge in [-0.2, -0.15) is 13.2 Å². The van der Waals surface area contributed by atoms with Crippen molar-refractivity contribution in [2.45, 2.75) is 84.0 Å². The molecule has 0 heterocycles. The third-order valence-electron chi connectivity index (χ3n) is 7.42. The number of fused-ring (bicyclic) bond motifs is 2. The summed E-state index contributed by atoms with van der Waals surface area (Å²) < 4.78 is 38.2. The minimum atomic E-state index is -3.99. The van der Waals surface area contributed by atoms with E-state index in [1.807, 2.05) is 0 Å². The third-order valence-corrected chi connectivity index (χ3v) is 7.42. The molecule has 122 valence electrons. The van der Waals surface area contributed by atoms with E-state index in [2.05, 4.69) is 26.1 Å². The van der Waals surface area contributed by atoms with Gasteiger partial charge in [-0.1, -0.05) is 20.8 Å². The zero-order chi connectivity index (χ0) is 15.5. The molecule has 3 fully saturated rings. The van der Waals surface area contributed by atoms with E-state index in [4.69, 9.17) is 0 Å². The SMILES string of the molecule is CC1(C)C2CCC1(C)C(NC1CCC(C(F)(F)F)CC1)C2. The van der Waals surface area contributed by atoms with Crippen molar-refractivity contribution in [2.24, 2.45) is 22.7 Å². The van der Waals surface area contributed by atoms with E-state index in [9.17, 15) is 13.2 Å². The number of hydrogen-bond acceptors (Lipinski definition) is 1. The Morgan fingerprint density at radius 1 is 0.952 bits per heavy atom. The molecule has 0 aliphatic heterocycles. The van der Waals surface area contributed by atoms with E-state index in [-0.39, 0.29) is 0 Å². The Morgan fingerprint density at radius 2 is 1.57 bits per heavy atom. The Bertz CT molecular complexity index is 395. The first kappa shape index (κ1) is 15.6. The van der Waals surface area contributed by atoms with Crippen LogP contribution in [0.25, 0.3) is 0 Å². The van der Waals surface area contributed by atoms with E-state index in [1.165, 1.54) is 19.3 Å². The van der Waals surface area contributed by atoms with Crippen LogP contribution in [0.3, 0.4) is 0 Å². The molecule has 0 spiro atoms. The maximum absolute atomic E-state index is 12.7. The van der Waals surface area contributed by atoms with Gasteiger partial charge in [0.15, 0.2) is 0 Å². The van der Waals surface area contributed by atoms with Crippen LogP contribution in [-0.2, 0) is 0 Å². The van der Waals surface area contributed by atoms with Crippen LogP contribution < -0.4 is 5.32 Å². The fraction of sp³-hybridized carbons (Fsp3) is 1.00. The molecule has 0 radical (unpaired) electrons. The lowest BCUT2D eigenvalue weighted by Crippen LogP contribution is -2.49. The second kappa shape index (κ2) is 4.87. The van der Waals surface area contributed by atoms with Gasteiger partial charge in [-0.05, 0) is 61.7 Å². The van der Waals surface area contributed by atoms with Crippen molar-refractivity contribution < 1.29 is 13.2 Å². The van der Waals surface area contributed by atoms with Crippen LogP contribution in [0.5, 0.6) is 0 Å². The lowest BCUT2D eigenvalue weighted by molar-refractivity contribution is -0.183. The molecule has 0 saturated heterocycles. The molecule has 3 rings (SSSR count). The summed E-state index contributed by atoms with van der Waals surface area (Å²) in [7, 11) is 0. The standard InChI is InChI=1S/C17H28F3N/c1-15(2)12-8-9-16(15,3)14(10-12)21-13-6-4-11(5-7-13)17(18,19)20/h11-14,21H,4-10H2,1-3H3. The second-order valence-electron chi connectivity index (χ2n) is 8.42. The van der Waals surface area contributed by atoms with Gasteiger partial charge in [-0.25, -0.2) is 0 Å². The van der Waals surface area contributed by atoms with Gasteiger partial charge in [0.25, 0.3) is 0 Å². The number of alkyl halides is 3. The van der Waals surface area contributed by atoms with Crippen LogP contribution in [0.2, 0.25) is 0 Å². The highest BCUT2D eigenvalue weighted by Crippen LogP contribution is 2.65. The zero-order valence-corrected chi connectivity index (χ0v) is 13.4. The van der Waals surface area contributed by atoms with Crippen LogP contribution in [0.4, 0.5) is 13.2 Å². The molecule has 1 nitrogen and oxygen atoms in total. The average molecular weight is 303 g/mol. The van der Waals surface area contributed by atoms with Crippen LogP contribution >= 0.6 is 0 Å². The average Bonchev–Trinajstić information content (AvgIpc) is 2.71. The third kappa shape index (κ3) is 2.42. The summed E-state index contributed by atoms with van der Waals surface area (Å²) in [5, 5.41) is 3.75. The minimum Gasteiger partial charge on any atom is -0.311 e. The normalized spacial score (nSPS) is 46.0. The summed E-state index contributed by atoms with van der Waals surface area (Å²) >= 11 is 0. The smallest absolute Gasteiger partial charge is 0.311 e. The van der Waals surface area contributed by atoms with Crippen LogP contribution in [-0.4, -0.2) is 18.3 Å². The Hall–Kier alpha value is -0.250. The lowest BCUT2D eigenvalue weighted by atomic mass is 9.69. The Kier molecular flexibility index (Phi) is 3.63. The molecule has 21 heavy (non-hydrogen) atoms. The van der Waals surface area contributed by atoms with Crippen LogP contribution in [0.15, 0.2) is 0 Å². The summed E-state index contributed by atoms with van der Waals surface area (Å²) in [5.74, 6) is -0.283. The van der Waals surface area contributed by atoms with Gasteiger partial charge in [0, 0.05) is 12.1 Å². The van der Waals surface area contributed by atoms with Crippen molar-refractivity contribution in [1.82, 2.24) is 5.32 Å². The fourth-order valence-corrected chi connectivity index (χ4v) is 5.33. The van der Waals surface area contributed by atoms with E-state index in [0.717, 1.165) is 5.92 Å². The maximum atomic E-state index is 12.7. The Morgan fingerprint density at radius 3 is 2.00 bits per heavy atom. The molecule has 0 aromatic rings. The summed E-state index contributed by atoms with van der Waals surface area (Å²) in [4.78, 5) is 0. The van der Waals surface area contributed by atoms with Crippen molar-refractivity contribution in [2.75, 3.05) is 0 Å². The van der Waals surface area contributed by atoms with Gasteiger partial charge in [-0.3, -0.25) is 0 Å². The number of rotatable bonds is 2. The van der Waals surface area contributed by atoms with E-state index in [0.29, 0.717) is 48.6 Å². The second-order valence-corrected chi connectivity index (χ2v) is 8.42. The first-order chi connectivity index (χ1) is 9.64. The topological polar surface area (TPSA) is 12.0 Å². The predicted octanol–water partition coefficient (Wildman–Crippen LogP) is 4.91. The molecule has 3 unspecified atom stereocenters. The lowest BCUT2D eigenvalue weighted by Gasteiger charge is -2.42. The van der Waals surface area contributed by atoms with Gasteiger partial charge in [0.05, 0.1) is 5.92 Å².